The van der Waals surface area contributed by atoms with E-state index in [4.69, 9.17) is 5.73 Å². The number of nitrogen functional groups attached to an aromatic ring is 1. The molecule has 0 spiro atoms. The zero-order valence-corrected chi connectivity index (χ0v) is 8.00. The van der Waals surface area contributed by atoms with Gasteiger partial charge >= 0.3 is 6.03 Å². The summed E-state index contributed by atoms with van der Waals surface area (Å²) >= 11 is 0. The average Bonchev–Trinajstić information content (AvgIpc) is 2.12. The van der Waals surface area contributed by atoms with Gasteiger partial charge in [-0.3, -0.25) is 0 Å². The van der Waals surface area contributed by atoms with Crippen molar-refractivity contribution in [1.29, 1.82) is 0 Å². The highest BCUT2D eigenvalue weighted by Gasteiger charge is 2.02. The molecule has 1 aromatic rings. The Bertz CT molecular complexity index is 360. The van der Waals surface area contributed by atoms with Gasteiger partial charge in [-0.2, -0.15) is 0 Å². The number of anilines is 2. The molecule has 2 amide bonds. The fourth-order valence-electron chi connectivity index (χ4n) is 1.03. The van der Waals surface area contributed by atoms with Crippen molar-refractivity contribution in [3.8, 4) is 0 Å². The van der Waals surface area contributed by atoms with Crippen LogP contribution >= 0.6 is 0 Å². The SMILES string of the molecule is C=CNC(=O)Nc1cc(C)ccc1N. The van der Waals surface area contributed by atoms with Crippen LogP contribution in [0.15, 0.2) is 31.0 Å². The molecule has 0 unspecified atom stereocenters. The van der Waals surface area contributed by atoms with E-state index in [0.29, 0.717) is 11.4 Å². The number of aryl methyl sites for hydroxylation is 1. The van der Waals surface area contributed by atoms with E-state index in [2.05, 4.69) is 17.2 Å². The Hall–Kier alpha value is -1.97. The van der Waals surface area contributed by atoms with Crippen molar-refractivity contribution in [1.82, 2.24) is 5.32 Å². The normalized spacial score (nSPS) is 9.21. The molecule has 0 atom stereocenters. The molecular weight excluding hydrogens is 178 g/mol. The lowest BCUT2D eigenvalue weighted by Crippen LogP contribution is -2.24. The standard InChI is InChI=1S/C10H13N3O/c1-3-12-10(14)13-9-6-7(2)4-5-8(9)11/h3-6H,1,11H2,2H3,(H2,12,13,14). The van der Waals surface area contributed by atoms with E-state index in [-0.39, 0.29) is 6.03 Å². The fourth-order valence-corrected chi connectivity index (χ4v) is 1.03. The van der Waals surface area contributed by atoms with Crippen LogP contribution in [0.4, 0.5) is 16.2 Å². The molecule has 0 aliphatic rings. The minimum absolute atomic E-state index is 0.350. The number of carbonyl (C=O) groups excluding carboxylic acids is 1. The van der Waals surface area contributed by atoms with Crippen LogP contribution in [0, 0.1) is 6.92 Å². The summed E-state index contributed by atoms with van der Waals surface area (Å²) in [5.41, 5.74) is 7.84. The van der Waals surface area contributed by atoms with Crippen molar-refractivity contribution in [2.45, 2.75) is 6.92 Å². The first-order chi connectivity index (χ1) is 6.63. The van der Waals surface area contributed by atoms with Crippen LogP contribution in [-0.4, -0.2) is 6.03 Å². The number of rotatable bonds is 2. The zero-order chi connectivity index (χ0) is 10.6. The third-order valence-corrected chi connectivity index (χ3v) is 1.69. The number of hydrogen-bond donors (Lipinski definition) is 3. The molecule has 0 fully saturated rings. The van der Waals surface area contributed by atoms with E-state index < -0.39 is 0 Å². The summed E-state index contributed by atoms with van der Waals surface area (Å²) in [5.74, 6) is 0. The summed E-state index contributed by atoms with van der Waals surface area (Å²) < 4.78 is 0. The average molecular weight is 191 g/mol. The van der Waals surface area contributed by atoms with E-state index in [0.717, 1.165) is 5.56 Å². The first kappa shape index (κ1) is 10.1. The lowest BCUT2D eigenvalue weighted by Gasteiger charge is -2.08. The Morgan fingerprint density at radius 3 is 2.93 bits per heavy atom. The number of benzene rings is 1. The second-order valence-corrected chi connectivity index (χ2v) is 2.89. The van der Waals surface area contributed by atoms with Gasteiger partial charge in [-0.15, -0.1) is 0 Å². The largest absolute Gasteiger partial charge is 0.397 e. The number of hydrogen-bond acceptors (Lipinski definition) is 2. The molecular formula is C10H13N3O. The number of urea groups is 1. The molecule has 0 saturated heterocycles. The Balaban J connectivity index is 2.80. The molecule has 4 N–H and O–H groups in total. The van der Waals surface area contributed by atoms with Gasteiger partial charge in [0.05, 0.1) is 11.4 Å². The molecule has 0 aliphatic heterocycles. The highest BCUT2D eigenvalue weighted by molar-refractivity contribution is 5.93. The molecule has 0 aromatic heterocycles. The topological polar surface area (TPSA) is 67.2 Å². The molecule has 4 nitrogen and oxygen atoms in total. The van der Waals surface area contributed by atoms with Crippen molar-refractivity contribution in [2.75, 3.05) is 11.1 Å². The maximum atomic E-state index is 11.1. The molecule has 1 rings (SSSR count). The van der Waals surface area contributed by atoms with Crippen LogP contribution in [0.5, 0.6) is 0 Å². The molecule has 0 saturated carbocycles. The van der Waals surface area contributed by atoms with E-state index in [1.807, 2.05) is 13.0 Å². The van der Waals surface area contributed by atoms with Crippen molar-refractivity contribution in [3.63, 3.8) is 0 Å². The summed E-state index contributed by atoms with van der Waals surface area (Å²) in [7, 11) is 0. The summed E-state index contributed by atoms with van der Waals surface area (Å²) in [4.78, 5) is 11.1. The van der Waals surface area contributed by atoms with E-state index >= 15 is 0 Å². The van der Waals surface area contributed by atoms with Crippen LogP contribution in [0.1, 0.15) is 5.56 Å². The molecule has 0 radical (unpaired) electrons. The van der Waals surface area contributed by atoms with Crippen molar-refractivity contribution in [2.24, 2.45) is 0 Å². The van der Waals surface area contributed by atoms with Crippen molar-refractivity contribution >= 4 is 17.4 Å². The van der Waals surface area contributed by atoms with Crippen LogP contribution in [0.2, 0.25) is 0 Å². The second kappa shape index (κ2) is 4.32. The molecule has 0 bridgehead atoms. The second-order valence-electron chi connectivity index (χ2n) is 2.89. The Kier molecular flexibility index (Phi) is 3.12. The van der Waals surface area contributed by atoms with Gasteiger partial charge in [0.2, 0.25) is 0 Å². The van der Waals surface area contributed by atoms with Gasteiger partial charge in [-0.05, 0) is 30.8 Å². The summed E-state index contributed by atoms with van der Waals surface area (Å²) in [6, 6.07) is 5.08. The smallest absolute Gasteiger partial charge is 0.323 e. The van der Waals surface area contributed by atoms with E-state index in [1.165, 1.54) is 6.20 Å². The Morgan fingerprint density at radius 2 is 2.29 bits per heavy atom. The van der Waals surface area contributed by atoms with Gasteiger partial charge in [0.25, 0.3) is 0 Å². The molecule has 1 aromatic carbocycles. The minimum atomic E-state index is -0.350. The maximum Gasteiger partial charge on any atom is 0.323 e. The first-order valence-corrected chi connectivity index (χ1v) is 4.18. The van der Waals surface area contributed by atoms with Crippen molar-refractivity contribution in [3.05, 3.63) is 36.5 Å². The summed E-state index contributed by atoms with van der Waals surface area (Å²) in [6.07, 6.45) is 1.31. The Morgan fingerprint density at radius 1 is 1.57 bits per heavy atom. The van der Waals surface area contributed by atoms with Gasteiger partial charge in [0.1, 0.15) is 0 Å². The molecule has 4 heteroatoms. The predicted octanol–water partition coefficient (Wildman–Crippen LogP) is 1.84. The third-order valence-electron chi connectivity index (χ3n) is 1.69. The van der Waals surface area contributed by atoms with Gasteiger partial charge in [-0.25, -0.2) is 4.79 Å². The van der Waals surface area contributed by atoms with Crippen molar-refractivity contribution < 1.29 is 4.79 Å². The van der Waals surface area contributed by atoms with Crippen LogP contribution in [0.25, 0.3) is 0 Å². The Labute approximate surface area is 82.8 Å². The lowest BCUT2D eigenvalue weighted by atomic mass is 10.2. The predicted molar refractivity (Wildman–Crippen MR) is 57.9 cm³/mol. The lowest BCUT2D eigenvalue weighted by molar-refractivity contribution is 0.255. The van der Waals surface area contributed by atoms with Crippen LogP contribution in [0.3, 0.4) is 0 Å². The minimum Gasteiger partial charge on any atom is -0.397 e. The molecule has 0 aliphatic carbocycles. The third kappa shape index (κ3) is 2.52. The van der Waals surface area contributed by atoms with Gasteiger partial charge < -0.3 is 16.4 Å². The van der Waals surface area contributed by atoms with E-state index in [9.17, 15) is 4.79 Å². The van der Waals surface area contributed by atoms with Crippen LogP contribution in [-0.2, 0) is 0 Å². The molecule has 0 heterocycles. The number of carbonyl (C=O) groups is 1. The molecule has 74 valence electrons. The first-order valence-electron chi connectivity index (χ1n) is 4.18. The van der Waals surface area contributed by atoms with Gasteiger partial charge in [-0.1, -0.05) is 12.6 Å². The number of amides is 2. The van der Waals surface area contributed by atoms with Crippen LogP contribution < -0.4 is 16.4 Å². The summed E-state index contributed by atoms with van der Waals surface area (Å²) in [5, 5.41) is 5.00. The highest BCUT2D eigenvalue weighted by atomic mass is 16.2. The maximum absolute atomic E-state index is 11.1. The van der Waals surface area contributed by atoms with Gasteiger partial charge in [0.15, 0.2) is 0 Å². The fraction of sp³-hybridized carbons (Fsp3) is 0.100. The van der Waals surface area contributed by atoms with Gasteiger partial charge in [0, 0.05) is 0 Å². The quantitative estimate of drug-likeness (QED) is 0.624. The highest BCUT2D eigenvalue weighted by Crippen LogP contribution is 2.19. The summed E-state index contributed by atoms with van der Waals surface area (Å²) in [6.45, 7) is 5.31. The monoisotopic (exact) mass is 191 g/mol. The van der Waals surface area contributed by atoms with E-state index in [1.54, 1.807) is 12.1 Å². The number of nitrogens with two attached hydrogens (primary N) is 1. The number of nitrogens with one attached hydrogen (secondary N) is 2. The molecule has 14 heavy (non-hydrogen) atoms. The zero-order valence-electron chi connectivity index (χ0n) is 8.00.